The largest absolute Gasteiger partial charge is 0.465 e. The monoisotopic (exact) mass is 332 g/mol. The molecule has 2 rings (SSSR count). The first-order valence-corrected chi connectivity index (χ1v) is 8.02. The summed E-state index contributed by atoms with van der Waals surface area (Å²) in [6.07, 6.45) is 1.99. The molecule has 2 aromatic rings. The third-order valence-corrected chi connectivity index (χ3v) is 3.36. The molecule has 0 fully saturated rings. The molecule has 6 nitrogen and oxygen atoms in total. The maximum Gasteiger partial charge on any atom is 0.327 e. The first-order valence-electron chi connectivity index (χ1n) is 8.02. The van der Waals surface area contributed by atoms with E-state index in [-0.39, 0.29) is 24.9 Å². The summed E-state index contributed by atoms with van der Waals surface area (Å²) < 4.78 is 11.9. The number of carbonyl (C=O) groups excluding carboxylic acids is 2. The third kappa shape index (κ3) is 4.81. The number of esters is 2. The van der Waals surface area contributed by atoms with Crippen molar-refractivity contribution in [3.8, 4) is 0 Å². The second kappa shape index (κ2) is 7.03. The molecule has 0 N–H and O–H groups in total. The Hall–Kier alpha value is -2.37. The van der Waals surface area contributed by atoms with Gasteiger partial charge in [-0.1, -0.05) is 0 Å². The van der Waals surface area contributed by atoms with Crippen LogP contribution in [0, 0.1) is 6.92 Å². The van der Waals surface area contributed by atoms with Crippen molar-refractivity contribution >= 4 is 22.8 Å². The van der Waals surface area contributed by atoms with Crippen LogP contribution in [0.2, 0.25) is 0 Å². The van der Waals surface area contributed by atoms with Gasteiger partial charge in [0.2, 0.25) is 0 Å². The van der Waals surface area contributed by atoms with Crippen LogP contribution in [0.25, 0.3) is 10.9 Å². The lowest BCUT2D eigenvalue weighted by atomic mass is 10.0. The maximum absolute atomic E-state index is 12.0. The predicted molar refractivity (Wildman–Crippen MR) is 90.7 cm³/mol. The number of aromatic nitrogens is 2. The lowest BCUT2D eigenvalue weighted by Gasteiger charge is -2.19. The Balaban J connectivity index is 2.19. The molecule has 1 heterocycles. The minimum atomic E-state index is -0.500. The second-order valence-electron chi connectivity index (χ2n) is 6.73. The van der Waals surface area contributed by atoms with E-state index in [9.17, 15) is 9.59 Å². The van der Waals surface area contributed by atoms with E-state index in [1.165, 1.54) is 0 Å². The number of benzene rings is 1. The van der Waals surface area contributed by atoms with Crippen molar-refractivity contribution in [2.45, 2.75) is 53.2 Å². The van der Waals surface area contributed by atoms with Crippen LogP contribution in [-0.2, 0) is 32.0 Å². The van der Waals surface area contributed by atoms with Gasteiger partial charge in [-0.2, -0.15) is 5.10 Å². The summed E-state index contributed by atoms with van der Waals surface area (Å²) >= 11 is 0. The van der Waals surface area contributed by atoms with Crippen molar-refractivity contribution < 1.29 is 19.1 Å². The fourth-order valence-corrected chi connectivity index (χ4v) is 2.42. The Morgan fingerprint density at radius 1 is 1.21 bits per heavy atom. The predicted octanol–water partition coefficient (Wildman–Crippen LogP) is 2.79. The number of rotatable bonds is 5. The van der Waals surface area contributed by atoms with Crippen LogP contribution in [0.3, 0.4) is 0 Å². The number of hydrogen-bond acceptors (Lipinski definition) is 5. The van der Waals surface area contributed by atoms with Gasteiger partial charge in [-0.3, -0.25) is 14.3 Å². The number of hydrogen-bond donors (Lipinski definition) is 0. The molecule has 1 aromatic carbocycles. The number of fused-ring (bicyclic) bond motifs is 1. The van der Waals surface area contributed by atoms with Crippen LogP contribution >= 0.6 is 0 Å². The lowest BCUT2D eigenvalue weighted by Crippen LogP contribution is -2.25. The number of carbonyl (C=O) groups is 2. The van der Waals surface area contributed by atoms with Crippen molar-refractivity contribution in [2.75, 3.05) is 6.61 Å². The molecule has 0 saturated heterocycles. The molecule has 0 aliphatic rings. The normalized spacial score (nSPS) is 11.5. The third-order valence-electron chi connectivity index (χ3n) is 3.36. The first kappa shape index (κ1) is 18.0. The molecule has 24 heavy (non-hydrogen) atoms. The Morgan fingerprint density at radius 2 is 1.92 bits per heavy atom. The molecule has 130 valence electrons. The van der Waals surface area contributed by atoms with Gasteiger partial charge in [0.25, 0.3) is 0 Å². The van der Waals surface area contributed by atoms with Gasteiger partial charge in [0.05, 0.1) is 18.5 Å². The molecule has 0 aliphatic carbocycles. The van der Waals surface area contributed by atoms with Crippen LogP contribution in [0.1, 0.15) is 38.8 Å². The van der Waals surface area contributed by atoms with E-state index < -0.39 is 5.60 Å². The number of aryl methyl sites for hydroxylation is 1. The van der Waals surface area contributed by atoms with Crippen molar-refractivity contribution in [1.29, 1.82) is 0 Å². The lowest BCUT2D eigenvalue weighted by molar-refractivity contribution is -0.154. The zero-order valence-corrected chi connectivity index (χ0v) is 14.9. The zero-order valence-electron chi connectivity index (χ0n) is 14.9. The fraction of sp³-hybridized carbons (Fsp3) is 0.500. The summed E-state index contributed by atoms with van der Waals surface area (Å²) in [7, 11) is 0. The van der Waals surface area contributed by atoms with E-state index in [2.05, 4.69) is 5.10 Å². The summed E-state index contributed by atoms with van der Waals surface area (Å²) in [5.41, 5.74) is 2.14. The van der Waals surface area contributed by atoms with Crippen LogP contribution < -0.4 is 0 Å². The summed E-state index contributed by atoms with van der Waals surface area (Å²) in [4.78, 5) is 23.6. The van der Waals surface area contributed by atoms with Crippen molar-refractivity contribution in [3.05, 3.63) is 29.5 Å². The summed E-state index contributed by atoms with van der Waals surface area (Å²) in [6.45, 7) is 9.66. The molecular formula is C18H24N2O4. The number of ether oxygens (including phenoxy) is 2. The van der Waals surface area contributed by atoms with E-state index in [0.717, 1.165) is 22.0 Å². The van der Waals surface area contributed by atoms with Gasteiger partial charge in [0.1, 0.15) is 12.1 Å². The summed E-state index contributed by atoms with van der Waals surface area (Å²) in [5, 5.41) is 5.25. The van der Waals surface area contributed by atoms with E-state index in [1.807, 2.05) is 39.8 Å². The SMILES string of the molecule is CCOC(=O)Cn1cc2cc(CC(=O)OC(C)(C)C)c(C)cc2n1. The highest BCUT2D eigenvalue weighted by molar-refractivity contribution is 5.83. The minimum absolute atomic E-state index is 0.0724. The Kier molecular flexibility index (Phi) is 5.26. The first-order chi connectivity index (χ1) is 11.2. The molecule has 6 heteroatoms. The molecule has 0 bridgehead atoms. The van der Waals surface area contributed by atoms with Crippen molar-refractivity contribution in [1.82, 2.24) is 9.78 Å². The van der Waals surface area contributed by atoms with E-state index in [1.54, 1.807) is 17.8 Å². The summed E-state index contributed by atoms with van der Waals surface area (Å²) in [6, 6.07) is 3.83. The molecule has 0 amide bonds. The fourth-order valence-electron chi connectivity index (χ4n) is 2.42. The average Bonchev–Trinajstić information content (AvgIpc) is 2.78. The smallest absolute Gasteiger partial charge is 0.327 e. The molecule has 0 spiro atoms. The van der Waals surface area contributed by atoms with Crippen LogP contribution in [-0.4, -0.2) is 33.9 Å². The highest BCUT2D eigenvalue weighted by atomic mass is 16.6. The van der Waals surface area contributed by atoms with Crippen molar-refractivity contribution in [2.24, 2.45) is 0 Å². The molecule has 0 aliphatic heterocycles. The van der Waals surface area contributed by atoms with Crippen LogP contribution in [0.15, 0.2) is 18.3 Å². The van der Waals surface area contributed by atoms with Gasteiger partial charge in [-0.15, -0.1) is 0 Å². The minimum Gasteiger partial charge on any atom is -0.465 e. The highest BCUT2D eigenvalue weighted by Gasteiger charge is 2.18. The second-order valence-corrected chi connectivity index (χ2v) is 6.73. The molecule has 0 saturated carbocycles. The van der Waals surface area contributed by atoms with E-state index >= 15 is 0 Å². The van der Waals surface area contributed by atoms with Gasteiger partial charge in [-0.25, -0.2) is 0 Å². The Bertz CT molecular complexity index is 756. The van der Waals surface area contributed by atoms with Crippen LogP contribution in [0.5, 0.6) is 0 Å². The molecule has 0 atom stereocenters. The van der Waals surface area contributed by atoms with Gasteiger partial charge in [0, 0.05) is 11.6 Å². The quantitative estimate of drug-likeness (QED) is 0.787. The van der Waals surface area contributed by atoms with Gasteiger partial charge < -0.3 is 9.47 Å². The van der Waals surface area contributed by atoms with Gasteiger partial charge in [0.15, 0.2) is 0 Å². The molecular weight excluding hydrogens is 308 g/mol. The standard InChI is InChI=1S/C18H24N2O4/c1-6-23-17(22)11-20-10-14-8-13(12(2)7-15(14)19-20)9-16(21)24-18(3,4)5/h7-8,10H,6,9,11H2,1-5H3. The highest BCUT2D eigenvalue weighted by Crippen LogP contribution is 2.20. The van der Waals surface area contributed by atoms with Crippen LogP contribution in [0.4, 0.5) is 0 Å². The van der Waals surface area contributed by atoms with E-state index in [0.29, 0.717) is 6.61 Å². The molecule has 1 aromatic heterocycles. The van der Waals surface area contributed by atoms with Crippen molar-refractivity contribution in [3.63, 3.8) is 0 Å². The van der Waals surface area contributed by atoms with E-state index in [4.69, 9.17) is 9.47 Å². The maximum atomic E-state index is 12.0. The number of nitrogens with zero attached hydrogens (tertiary/aromatic N) is 2. The van der Waals surface area contributed by atoms with Gasteiger partial charge >= 0.3 is 11.9 Å². The topological polar surface area (TPSA) is 70.4 Å². The zero-order chi connectivity index (χ0) is 17.9. The Morgan fingerprint density at radius 3 is 2.54 bits per heavy atom. The van der Waals surface area contributed by atoms with Gasteiger partial charge in [-0.05, 0) is 57.9 Å². The molecule has 0 unspecified atom stereocenters. The Labute approximate surface area is 141 Å². The summed E-state index contributed by atoms with van der Waals surface area (Å²) in [5.74, 6) is -0.583. The molecule has 0 radical (unpaired) electrons. The average molecular weight is 332 g/mol.